The molecule has 0 aliphatic carbocycles. The van der Waals surface area contributed by atoms with E-state index in [0.717, 1.165) is 44.3 Å². The molecule has 28 heavy (non-hydrogen) atoms. The van der Waals surface area contributed by atoms with Crippen molar-refractivity contribution in [3.63, 3.8) is 0 Å². The van der Waals surface area contributed by atoms with Gasteiger partial charge in [-0.3, -0.25) is 0 Å². The highest BCUT2D eigenvalue weighted by Gasteiger charge is 2.23. The molecule has 2 heterocycles. The fourth-order valence-electron chi connectivity index (χ4n) is 3.41. The van der Waals surface area contributed by atoms with Crippen molar-refractivity contribution >= 4 is 23.3 Å². The Hall–Kier alpha value is -1.82. The van der Waals surface area contributed by atoms with E-state index in [1.807, 2.05) is 18.7 Å². The summed E-state index contributed by atoms with van der Waals surface area (Å²) in [6.45, 7) is 10.6. The normalized spacial score (nSPS) is 16.7. The highest BCUT2D eigenvalue weighted by molar-refractivity contribution is 7.99. The molecule has 2 aliphatic heterocycles. The van der Waals surface area contributed by atoms with Crippen LogP contribution in [0.25, 0.3) is 0 Å². The monoisotopic (exact) mass is 397 g/mol. The van der Waals surface area contributed by atoms with Crippen molar-refractivity contribution in [2.24, 2.45) is 4.99 Å². The third-order valence-corrected chi connectivity index (χ3v) is 6.20. The highest BCUT2D eigenvalue weighted by atomic mass is 32.2. The summed E-state index contributed by atoms with van der Waals surface area (Å²) < 4.78 is 4.54. The molecule has 0 unspecified atom stereocenters. The number of hydrogen-bond acceptors (Lipinski definition) is 5. The molecule has 0 atom stereocenters. The minimum Gasteiger partial charge on any atom is -0.385 e. The lowest BCUT2D eigenvalue weighted by atomic mass is 10.1. The van der Waals surface area contributed by atoms with Gasteiger partial charge in [0.15, 0.2) is 0 Å². The van der Waals surface area contributed by atoms with Crippen LogP contribution in [0.15, 0.2) is 63.3 Å². The number of aliphatic imine (C=N–C) groups is 1. The molecular weight excluding hydrogens is 366 g/mol. The largest absolute Gasteiger partial charge is 0.385 e. The van der Waals surface area contributed by atoms with Crippen LogP contribution >= 0.6 is 11.8 Å². The van der Waals surface area contributed by atoms with Crippen LogP contribution in [0, 0.1) is 0 Å². The van der Waals surface area contributed by atoms with E-state index in [2.05, 4.69) is 70.0 Å². The van der Waals surface area contributed by atoms with Crippen LogP contribution in [0.5, 0.6) is 0 Å². The molecule has 0 bridgehead atoms. The zero-order valence-corrected chi connectivity index (χ0v) is 18.0. The summed E-state index contributed by atoms with van der Waals surface area (Å²) in [5, 5.41) is 0. The molecule has 2 aromatic carbocycles. The van der Waals surface area contributed by atoms with E-state index in [4.69, 9.17) is 4.99 Å². The van der Waals surface area contributed by atoms with Gasteiger partial charge >= 0.3 is 0 Å². The third kappa shape index (κ3) is 5.16. The van der Waals surface area contributed by atoms with Crippen molar-refractivity contribution in [3.05, 3.63) is 54.1 Å². The van der Waals surface area contributed by atoms with Crippen LogP contribution in [-0.4, -0.2) is 62.1 Å². The lowest BCUT2D eigenvalue weighted by Gasteiger charge is -2.25. The zero-order chi connectivity index (χ0) is 19.8. The van der Waals surface area contributed by atoms with Gasteiger partial charge in [-0.15, -0.1) is 0 Å². The fraction of sp³-hybridized carbons (Fsp3) is 0.435. The highest BCUT2D eigenvalue weighted by Crippen LogP contribution is 2.40. The van der Waals surface area contributed by atoms with Crippen LogP contribution in [0.3, 0.4) is 0 Å². The number of benzene rings is 2. The molecule has 2 aromatic rings. The Balaban J connectivity index is 0.000000516. The second-order valence-corrected chi connectivity index (χ2v) is 7.94. The molecule has 0 amide bonds. The first-order chi connectivity index (χ1) is 13.8. The van der Waals surface area contributed by atoms with Crippen molar-refractivity contribution in [1.82, 2.24) is 9.80 Å². The van der Waals surface area contributed by atoms with Gasteiger partial charge in [0.05, 0.1) is 5.69 Å². The Bertz CT molecular complexity index is 791. The van der Waals surface area contributed by atoms with E-state index >= 15 is 0 Å². The molecule has 5 heteroatoms. The van der Waals surface area contributed by atoms with E-state index in [0.29, 0.717) is 0 Å². The van der Waals surface area contributed by atoms with E-state index in [9.17, 15) is 0 Å². The Kier molecular flexibility index (Phi) is 7.95. The molecule has 4 rings (SSSR count). The molecular formula is C23H31N3OS. The van der Waals surface area contributed by atoms with Gasteiger partial charge in [-0.25, -0.2) is 4.99 Å². The van der Waals surface area contributed by atoms with Crippen molar-refractivity contribution in [2.45, 2.75) is 30.1 Å². The molecule has 0 aromatic heterocycles. The molecule has 0 radical (unpaired) electrons. The lowest BCUT2D eigenvalue weighted by molar-refractivity contribution is 0.215. The summed E-state index contributed by atoms with van der Waals surface area (Å²) in [4.78, 5) is 12.7. The summed E-state index contributed by atoms with van der Waals surface area (Å²) in [5.74, 6) is 1.14. The van der Waals surface area contributed by atoms with Gasteiger partial charge in [0, 0.05) is 48.7 Å². The number of ether oxygens (including phenoxy) is 1. The topological polar surface area (TPSA) is 28.1 Å². The molecule has 0 saturated carbocycles. The number of nitrogens with zero attached hydrogens (tertiary/aromatic N) is 3. The average Bonchev–Trinajstić information content (AvgIpc) is 3.08. The van der Waals surface area contributed by atoms with Crippen LogP contribution in [-0.2, 0) is 4.74 Å². The van der Waals surface area contributed by atoms with Gasteiger partial charge in [0.1, 0.15) is 5.84 Å². The smallest absolute Gasteiger partial charge is 0.137 e. The summed E-state index contributed by atoms with van der Waals surface area (Å²) in [6, 6.07) is 17.2. The van der Waals surface area contributed by atoms with E-state index in [1.165, 1.54) is 28.3 Å². The third-order valence-electron chi connectivity index (χ3n) is 5.06. The molecule has 1 fully saturated rings. The zero-order valence-electron chi connectivity index (χ0n) is 17.2. The summed E-state index contributed by atoms with van der Waals surface area (Å²) in [6.07, 6.45) is 1.20. The van der Waals surface area contributed by atoms with Crippen molar-refractivity contribution in [1.29, 1.82) is 0 Å². The Morgan fingerprint density at radius 3 is 2.39 bits per heavy atom. The Labute approximate surface area is 173 Å². The van der Waals surface area contributed by atoms with Crippen molar-refractivity contribution in [3.8, 4) is 0 Å². The number of methoxy groups -OCH3 is 1. The standard InChI is InChI=1S/C20H23N3S.C3H8O/c1-2-22-12-7-13-23(15-14-22)20-16-8-3-5-10-18(16)24-19-11-6-4-9-17(19)21-20;1-3-4-2/h3-6,8-11H,2,7,12-15H2,1H3;3H2,1-2H3. The van der Waals surface area contributed by atoms with Gasteiger partial charge < -0.3 is 14.5 Å². The molecule has 4 nitrogen and oxygen atoms in total. The van der Waals surface area contributed by atoms with Gasteiger partial charge in [0.2, 0.25) is 0 Å². The predicted molar refractivity (Wildman–Crippen MR) is 119 cm³/mol. The SMILES string of the molecule is CCN1CCCN(C2=Nc3ccccc3Sc3ccccc32)CC1.CCOC. The first-order valence-corrected chi connectivity index (χ1v) is 11.0. The van der Waals surface area contributed by atoms with Crippen molar-refractivity contribution in [2.75, 3.05) is 46.4 Å². The van der Waals surface area contributed by atoms with Gasteiger partial charge in [-0.1, -0.05) is 49.0 Å². The number of likely N-dealkylation sites (N-methyl/N-ethyl adjacent to an activating group) is 1. The molecule has 150 valence electrons. The second-order valence-electron chi connectivity index (χ2n) is 6.85. The minimum atomic E-state index is 0.819. The van der Waals surface area contributed by atoms with Crippen molar-refractivity contribution < 1.29 is 4.74 Å². The minimum absolute atomic E-state index is 0.819. The molecule has 0 N–H and O–H groups in total. The summed E-state index contributed by atoms with van der Waals surface area (Å²) in [5.41, 5.74) is 2.36. The Morgan fingerprint density at radius 2 is 1.64 bits per heavy atom. The number of rotatable bonds is 2. The summed E-state index contributed by atoms with van der Waals surface area (Å²) >= 11 is 1.83. The van der Waals surface area contributed by atoms with Crippen LogP contribution < -0.4 is 0 Å². The van der Waals surface area contributed by atoms with E-state index in [-0.39, 0.29) is 0 Å². The lowest BCUT2D eigenvalue weighted by Crippen LogP contribution is -2.35. The number of amidine groups is 1. The van der Waals surface area contributed by atoms with E-state index < -0.39 is 0 Å². The maximum atomic E-state index is 5.10. The quantitative estimate of drug-likeness (QED) is 0.720. The van der Waals surface area contributed by atoms with Crippen LogP contribution in [0.2, 0.25) is 0 Å². The van der Waals surface area contributed by atoms with E-state index in [1.54, 1.807) is 7.11 Å². The van der Waals surface area contributed by atoms with Crippen LogP contribution in [0.1, 0.15) is 25.8 Å². The first kappa shape index (κ1) is 20.9. The first-order valence-electron chi connectivity index (χ1n) is 10.2. The molecule has 0 spiro atoms. The maximum Gasteiger partial charge on any atom is 0.137 e. The van der Waals surface area contributed by atoms with Gasteiger partial charge in [-0.2, -0.15) is 0 Å². The summed E-state index contributed by atoms with van der Waals surface area (Å²) in [7, 11) is 1.68. The number of fused-ring (bicyclic) bond motifs is 2. The second kappa shape index (κ2) is 10.6. The number of para-hydroxylation sites is 1. The molecule has 1 saturated heterocycles. The van der Waals surface area contributed by atoms with Gasteiger partial charge in [-0.05, 0) is 44.6 Å². The average molecular weight is 398 g/mol. The molecule has 2 aliphatic rings. The number of hydrogen-bond donors (Lipinski definition) is 0. The van der Waals surface area contributed by atoms with Crippen LogP contribution in [0.4, 0.5) is 5.69 Å². The maximum absolute atomic E-state index is 5.10. The Morgan fingerprint density at radius 1 is 0.929 bits per heavy atom. The fourth-order valence-corrected chi connectivity index (χ4v) is 4.43. The predicted octanol–water partition coefficient (Wildman–Crippen LogP) is 4.91. The van der Waals surface area contributed by atoms with Gasteiger partial charge in [0.25, 0.3) is 0 Å².